The maximum atomic E-state index is 12.2. The van der Waals surface area contributed by atoms with Crippen molar-refractivity contribution in [1.29, 1.82) is 0 Å². The molecule has 0 heterocycles. The number of hydrogen-bond donors (Lipinski definition) is 2. The molecule has 0 aliphatic heterocycles. The number of carbonyl (C=O) groups excluding carboxylic acids is 1. The predicted octanol–water partition coefficient (Wildman–Crippen LogP) is 2.62. The van der Waals surface area contributed by atoms with E-state index in [1.54, 1.807) is 14.2 Å². The summed E-state index contributed by atoms with van der Waals surface area (Å²) in [6, 6.07) is 5.20. The van der Waals surface area contributed by atoms with Gasteiger partial charge in [-0.1, -0.05) is 38.2 Å². The number of nitrogens with one attached hydrogen (secondary N) is 1. The largest absolute Gasteiger partial charge is 0.493 e. The maximum absolute atomic E-state index is 12.2. The zero-order valence-electron chi connectivity index (χ0n) is 14.1. The zero-order chi connectivity index (χ0) is 16.7. The van der Waals surface area contributed by atoms with Gasteiger partial charge >= 0.3 is 0 Å². The molecule has 3 N–H and O–H groups in total. The summed E-state index contributed by atoms with van der Waals surface area (Å²) in [5.41, 5.74) is 7.02. The second-order valence-corrected chi connectivity index (χ2v) is 6.25. The Hall–Kier alpha value is -1.75. The van der Waals surface area contributed by atoms with Gasteiger partial charge in [0.15, 0.2) is 11.5 Å². The molecular weight excluding hydrogens is 292 g/mol. The number of ether oxygens (including phenoxy) is 2. The third kappa shape index (κ3) is 5.13. The Bertz CT molecular complexity index is 513. The number of hydrogen-bond acceptors (Lipinski definition) is 4. The Labute approximate surface area is 138 Å². The summed E-state index contributed by atoms with van der Waals surface area (Å²) in [6.07, 6.45) is 7.05. The van der Waals surface area contributed by atoms with E-state index >= 15 is 0 Å². The quantitative estimate of drug-likeness (QED) is 0.810. The highest BCUT2D eigenvalue weighted by Gasteiger charge is 2.21. The molecule has 0 bridgehead atoms. The summed E-state index contributed by atoms with van der Waals surface area (Å²) >= 11 is 0. The first kappa shape index (κ1) is 17.6. The van der Waals surface area contributed by atoms with E-state index in [4.69, 9.17) is 15.2 Å². The van der Waals surface area contributed by atoms with Gasteiger partial charge in [-0.25, -0.2) is 0 Å². The Morgan fingerprint density at radius 1 is 1.22 bits per heavy atom. The van der Waals surface area contributed by atoms with E-state index in [9.17, 15) is 4.79 Å². The lowest BCUT2D eigenvalue weighted by Gasteiger charge is -2.24. The van der Waals surface area contributed by atoms with Gasteiger partial charge in [0.25, 0.3) is 0 Å². The van der Waals surface area contributed by atoms with Crippen LogP contribution in [0, 0.1) is 5.92 Å². The SMILES string of the molecule is COc1ccc(CNC(=O)C(N)CC2CCCCC2)cc1OC. The van der Waals surface area contributed by atoms with Crippen LogP contribution in [0.1, 0.15) is 44.1 Å². The van der Waals surface area contributed by atoms with E-state index < -0.39 is 6.04 Å². The highest BCUT2D eigenvalue weighted by atomic mass is 16.5. The molecule has 1 atom stereocenters. The molecule has 0 aromatic heterocycles. The highest BCUT2D eigenvalue weighted by Crippen LogP contribution is 2.28. The number of rotatable bonds is 7. The summed E-state index contributed by atoms with van der Waals surface area (Å²) in [7, 11) is 3.20. The number of nitrogens with two attached hydrogens (primary N) is 1. The molecule has 1 aliphatic carbocycles. The summed E-state index contributed by atoms with van der Waals surface area (Å²) in [5, 5.41) is 2.92. The average molecular weight is 320 g/mol. The second kappa shape index (κ2) is 8.77. The van der Waals surface area contributed by atoms with Crippen LogP contribution in [-0.4, -0.2) is 26.2 Å². The van der Waals surface area contributed by atoms with Crippen LogP contribution >= 0.6 is 0 Å². The normalized spacial score (nSPS) is 16.7. The van der Waals surface area contributed by atoms with Crippen molar-refractivity contribution in [2.24, 2.45) is 11.7 Å². The first-order valence-corrected chi connectivity index (χ1v) is 8.38. The van der Waals surface area contributed by atoms with Crippen molar-refractivity contribution in [3.05, 3.63) is 23.8 Å². The smallest absolute Gasteiger partial charge is 0.237 e. The minimum Gasteiger partial charge on any atom is -0.493 e. The molecule has 5 nitrogen and oxygen atoms in total. The third-order valence-corrected chi connectivity index (χ3v) is 4.56. The molecule has 1 saturated carbocycles. The van der Waals surface area contributed by atoms with Crippen LogP contribution < -0.4 is 20.5 Å². The van der Waals surface area contributed by atoms with Crippen LogP contribution in [0.5, 0.6) is 11.5 Å². The van der Waals surface area contributed by atoms with Gasteiger partial charge in [-0.3, -0.25) is 4.79 Å². The van der Waals surface area contributed by atoms with Crippen molar-refractivity contribution < 1.29 is 14.3 Å². The Balaban J connectivity index is 1.83. The first-order valence-electron chi connectivity index (χ1n) is 8.38. The van der Waals surface area contributed by atoms with Crippen molar-refractivity contribution >= 4 is 5.91 Å². The molecule has 5 heteroatoms. The maximum Gasteiger partial charge on any atom is 0.237 e. The first-order chi connectivity index (χ1) is 11.1. The number of amides is 1. The van der Waals surface area contributed by atoms with Crippen molar-refractivity contribution in [3.8, 4) is 11.5 Å². The molecule has 128 valence electrons. The summed E-state index contributed by atoms with van der Waals surface area (Å²) in [5.74, 6) is 1.86. The monoisotopic (exact) mass is 320 g/mol. The van der Waals surface area contributed by atoms with Crippen molar-refractivity contribution in [2.75, 3.05) is 14.2 Å². The lowest BCUT2D eigenvalue weighted by atomic mass is 9.85. The molecule has 2 rings (SSSR count). The van der Waals surface area contributed by atoms with Crippen molar-refractivity contribution in [1.82, 2.24) is 5.32 Å². The van der Waals surface area contributed by atoms with Crippen LogP contribution in [0.15, 0.2) is 18.2 Å². The Morgan fingerprint density at radius 3 is 2.57 bits per heavy atom. The molecule has 0 saturated heterocycles. The molecule has 23 heavy (non-hydrogen) atoms. The van der Waals surface area contributed by atoms with Gasteiger partial charge in [0, 0.05) is 6.54 Å². The molecular formula is C18H28N2O3. The van der Waals surface area contributed by atoms with Crippen molar-refractivity contribution in [3.63, 3.8) is 0 Å². The summed E-state index contributed by atoms with van der Waals surface area (Å²) in [4.78, 5) is 12.2. The third-order valence-electron chi connectivity index (χ3n) is 4.56. The van der Waals surface area contributed by atoms with Gasteiger partial charge < -0.3 is 20.5 Å². The molecule has 1 amide bonds. The van der Waals surface area contributed by atoms with Gasteiger partial charge in [-0.15, -0.1) is 0 Å². The van der Waals surface area contributed by atoms with Crippen LogP contribution in [0.2, 0.25) is 0 Å². The summed E-state index contributed by atoms with van der Waals surface area (Å²) < 4.78 is 10.5. The van der Waals surface area contributed by atoms with Crippen molar-refractivity contribution in [2.45, 2.75) is 51.1 Å². The summed E-state index contributed by atoms with van der Waals surface area (Å²) in [6.45, 7) is 0.442. The lowest BCUT2D eigenvalue weighted by molar-refractivity contribution is -0.123. The van der Waals surface area contributed by atoms with Gasteiger partial charge in [-0.05, 0) is 30.0 Å². The Morgan fingerprint density at radius 2 is 1.91 bits per heavy atom. The van der Waals surface area contributed by atoms with Crippen LogP contribution in [-0.2, 0) is 11.3 Å². The number of methoxy groups -OCH3 is 2. The number of benzene rings is 1. The fourth-order valence-corrected chi connectivity index (χ4v) is 3.20. The molecule has 0 radical (unpaired) electrons. The van der Waals surface area contributed by atoms with E-state index in [1.165, 1.54) is 32.1 Å². The van der Waals surface area contributed by atoms with Crippen LogP contribution in [0.25, 0.3) is 0 Å². The van der Waals surface area contributed by atoms with Crippen LogP contribution in [0.4, 0.5) is 0 Å². The average Bonchev–Trinajstić information content (AvgIpc) is 2.60. The van der Waals surface area contributed by atoms with Gasteiger partial charge in [-0.2, -0.15) is 0 Å². The molecule has 1 fully saturated rings. The fraction of sp³-hybridized carbons (Fsp3) is 0.611. The fourth-order valence-electron chi connectivity index (χ4n) is 3.20. The highest BCUT2D eigenvalue weighted by molar-refractivity contribution is 5.81. The Kier molecular flexibility index (Phi) is 6.71. The van der Waals surface area contributed by atoms with Gasteiger partial charge in [0.2, 0.25) is 5.91 Å². The molecule has 1 aliphatic rings. The van der Waals surface area contributed by atoms with Gasteiger partial charge in [0.1, 0.15) is 0 Å². The lowest BCUT2D eigenvalue weighted by Crippen LogP contribution is -2.41. The van der Waals surface area contributed by atoms with E-state index in [0.717, 1.165) is 12.0 Å². The van der Waals surface area contributed by atoms with E-state index in [1.807, 2.05) is 18.2 Å². The van der Waals surface area contributed by atoms with E-state index in [-0.39, 0.29) is 5.91 Å². The molecule has 1 aromatic rings. The minimum absolute atomic E-state index is 0.0784. The van der Waals surface area contributed by atoms with Gasteiger partial charge in [0.05, 0.1) is 20.3 Å². The standard InChI is InChI=1S/C18H28N2O3/c1-22-16-9-8-14(11-17(16)23-2)12-20-18(21)15(19)10-13-6-4-3-5-7-13/h8-9,11,13,15H,3-7,10,12,19H2,1-2H3,(H,20,21). The second-order valence-electron chi connectivity index (χ2n) is 6.25. The molecule has 1 aromatic carbocycles. The van der Waals surface area contributed by atoms with E-state index in [0.29, 0.717) is 24.0 Å². The number of carbonyl (C=O) groups is 1. The topological polar surface area (TPSA) is 73.6 Å². The molecule has 0 spiro atoms. The van der Waals surface area contributed by atoms with E-state index in [2.05, 4.69) is 5.32 Å². The predicted molar refractivity (Wildman–Crippen MR) is 90.6 cm³/mol. The molecule has 1 unspecified atom stereocenters. The van der Waals surface area contributed by atoms with Crippen LogP contribution in [0.3, 0.4) is 0 Å². The minimum atomic E-state index is -0.418. The zero-order valence-corrected chi connectivity index (χ0v) is 14.1.